The van der Waals surface area contributed by atoms with Crippen molar-refractivity contribution in [2.75, 3.05) is 5.32 Å². The Morgan fingerprint density at radius 2 is 1.73 bits per heavy atom. The third-order valence-corrected chi connectivity index (χ3v) is 7.33. The first-order chi connectivity index (χ1) is 17.9. The zero-order chi connectivity index (χ0) is 25.9. The number of hydrogen-bond donors (Lipinski definition) is 2. The summed E-state index contributed by atoms with van der Waals surface area (Å²) in [4.78, 5) is 40.7. The molecular formula is C28H24N4O4S. The first kappa shape index (κ1) is 24.5. The van der Waals surface area contributed by atoms with Gasteiger partial charge >= 0.3 is 5.97 Å². The molecular weight excluding hydrogens is 488 g/mol. The van der Waals surface area contributed by atoms with E-state index in [2.05, 4.69) is 10.3 Å². The summed E-state index contributed by atoms with van der Waals surface area (Å²) in [5.74, 6) is -1.77. The van der Waals surface area contributed by atoms with Crippen molar-refractivity contribution >= 4 is 46.1 Å². The number of aromatic carboxylic acids is 1. The fourth-order valence-corrected chi connectivity index (χ4v) is 5.28. The highest BCUT2D eigenvalue weighted by atomic mass is 32.2. The molecule has 8 nitrogen and oxygen atoms in total. The van der Waals surface area contributed by atoms with Crippen LogP contribution in [0.1, 0.15) is 45.9 Å². The van der Waals surface area contributed by atoms with E-state index in [9.17, 15) is 14.4 Å². The van der Waals surface area contributed by atoms with Crippen molar-refractivity contribution in [3.05, 3.63) is 101 Å². The van der Waals surface area contributed by atoms with E-state index < -0.39 is 11.2 Å². The number of carbonyl (C=O) groups excluding carboxylic acids is 2. The van der Waals surface area contributed by atoms with Crippen molar-refractivity contribution in [3.63, 3.8) is 0 Å². The molecule has 0 saturated carbocycles. The van der Waals surface area contributed by atoms with Crippen LogP contribution < -0.4 is 5.32 Å². The summed E-state index contributed by atoms with van der Waals surface area (Å²) < 4.78 is 0. The molecule has 3 aromatic carbocycles. The van der Waals surface area contributed by atoms with Crippen LogP contribution in [0.5, 0.6) is 0 Å². The van der Waals surface area contributed by atoms with Gasteiger partial charge in [0.1, 0.15) is 5.25 Å². The molecule has 37 heavy (non-hydrogen) atoms. The maximum absolute atomic E-state index is 12.8. The molecule has 2 N–H and O–H groups in total. The summed E-state index contributed by atoms with van der Waals surface area (Å²) in [5.41, 5.74) is 4.75. The molecule has 2 heterocycles. The van der Waals surface area contributed by atoms with Crippen LogP contribution in [-0.2, 0) is 9.59 Å². The van der Waals surface area contributed by atoms with Crippen LogP contribution >= 0.6 is 11.8 Å². The van der Waals surface area contributed by atoms with Crippen LogP contribution in [0.4, 0.5) is 5.69 Å². The Kier molecular flexibility index (Phi) is 6.87. The third kappa shape index (κ3) is 5.46. The average Bonchev–Trinajstić information content (AvgIpc) is 3.49. The van der Waals surface area contributed by atoms with E-state index in [0.29, 0.717) is 17.3 Å². The highest BCUT2D eigenvalue weighted by Gasteiger charge is 2.39. The number of rotatable bonds is 6. The minimum absolute atomic E-state index is 0.0600. The minimum atomic E-state index is -1.04. The molecule has 9 heteroatoms. The number of amidine groups is 1. The number of carbonyl (C=O) groups is 3. The van der Waals surface area contributed by atoms with Gasteiger partial charge in [-0.25, -0.2) is 9.80 Å². The van der Waals surface area contributed by atoms with E-state index >= 15 is 0 Å². The number of benzene rings is 3. The highest BCUT2D eigenvalue weighted by Crippen LogP contribution is 2.38. The number of hydrazone groups is 1. The van der Waals surface area contributed by atoms with Crippen molar-refractivity contribution in [1.82, 2.24) is 5.01 Å². The Hall–Kier alpha value is -4.24. The maximum Gasteiger partial charge on any atom is 0.335 e. The van der Waals surface area contributed by atoms with Gasteiger partial charge in [-0.2, -0.15) is 10.1 Å². The van der Waals surface area contributed by atoms with Gasteiger partial charge in [0.15, 0.2) is 5.17 Å². The van der Waals surface area contributed by atoms with Gasteiger partial charge in [0.05, 0.1) is 17.3 Å². The Morgan fingerprint density at radius 1 is 1.03 bits per heavy atom. The molecule has 2 atom stereocenters. The van der Waals surface area contributed by atoms with Crippen LogP contribution in [0, 0.1) is 6.92 Å². The molecule has 0 aliphatic carbocycles. The largest absolute Gasteiger partial charge is 0.478 e. The first-order valence-electron chi connectivity index (χ1n) is 11.8. The topological polar surface area (TPSA) is 111 Å². The molecule has 5 rings (SSSR count). The Bertz CT molecular complexity index is 1400. The number of nitrogens with one attached hydrogen (secondary N) is 1. The van der Waals surface area contributed by atoms with Gasteiger partial charge in [0.25, 0.3) is 5.91 Å². The SMILES string of the molecule is Cc1ccc(C2=NN(C3=NC(=O)[C@H](CC(=O)Nc4ccc(C(=O)O)cc4)S3)[C@@H](c3ccccc3)C2)cc1. The van der Waals surface area contributed by atoms with E-state index in [0.717, 1.165) is 16.8 Å². The number of amides is 2. The van der Waals surface area contributed by atoms with Crippen LogP contribution in [0.15, 0.2) is 89.0 Å². The van der Waals surface area contributed by atoms with Gasteiger partial charge in [-0.15, -0.1) is 0 Å². The molecule has 0 aromatic heterocycles. The molecule has 3 aromatic rings. The summed E-state index contributed by atoms with van der Waals surface area (Å²) in [6.45, 7) is 2.04. The summed E-state index contributed by atoms with van der Waals surface area (Å²) >= 11 is 1.24. The number of aliphatic imine (C=N–C) groups is 1. The monoisotopic (exact) mass is 512 g/mol. The van der Waals surface area contributed by atoms with E-state index in [1.54, 1.807) is 5.01 Å². The molecule has 0 unspecified atom stereocenters. The maximum atomic E-state index is 12.8. The molecule has 0 bridgehead atoms. The van der Waals surface area contributed by atoms with Crippen LogP contribution in [0.25, 0.3) is 0 Å². The Labute approximate surface area is 218 Å². The second-order valence-corrected chi connectivity index (χ2v) is 10.0. The molecule has 0 saturated heterocycles. The van der Waals surface area contributed by atoms with Gasteiger partial charge in [-0.05, 0) is 42.3 Å². The number of carboxylic acids is 1. The van der Waals surface area contributed by atoms with Gasteiger partial charge in [-0.3, -0.25) is 9.59 Å². The number of anilines is 1. The van der Waals surface area contributed by atoms with Crippen molar-refractivity contribution in [1.29, 1.82) is 0 Å². The van der Waals surface area contributed by atoms with Gasteiger partial charge in [0, 0.05) is 18.5 Å². The van der Waals surface area contributed by atoms with Crippen molar-refractivity contribution in [2.45, 2.75) is 31.1 Å². The van der Waals surface area contributed by atoms with E-state index in [4.69, 9.17) is 10.2 Å². The zero-order valence-electron chi connectivity index (χ0n) is 20.0. The lowest BCUT2D eigenvalue weighted by atomic mass is 9.98. The second-order valence-electron chi connectivity index (χ2n) is 8.86. The summed E-state index contributed by atoms with van der Waals surface area (Å²) in [6.07, 6.45) is 0.605. The zero-order valence-corrected chi connectivity index (χ0v) is 20.8. The number of hydrogen-bond acceptors (Lipinski definition) is 6. The molecule has 0 radical (unpaired) electrons. The Morgan fingerprint density at radius 3 is 2.41 bits per heavy atom. The lowest BCUT2D eigenvalue weighted by Gasteiger charge is -2.23. The van der Waals surface area contributed by atoms with Crippen molar-refractivity contribution < 1.29 is 19.5 Å². The lowest BCUT2D eigenvalue weighted by Crippen LogP contribution is -2.25. The fraction of sp³-hybridized carbons (Fsp3) is 0.179. The van der Waals surface area contributed by atoms with Gasteiger partial charge in [-0.1, -0.05) is 71.9 Å². The van der Waals surface area contributed by atoms with Crippen LogP contribution in [0.2, 0.25) is 0 Å². The summed E-state index contributed by atoms with van der Waals surface area (Å²) in [7, 11) is 0. The number of nitrogens with zero attached hydrogens (tertiary/aromatic N) is 3. The molecule has 2 amide bonds. The number of thioether (sulfide) groups is 1. The van der Waals surface area contributed by atoms with Gasteiger partial charge < -0.3 is 10.4 Å². The third-order valence-electron chi connectivity index (χ3n) is 6.19. The fourth-order valence-electron chi connectivity index (χ4n) is 4.22. The number of carboxylic acid groups (broad SMARTS) is 1. The first-order valence-corrected chi connectivity index (χ1v) is 12.7. The predicted octanol–water partition coefficient (Wildman–Crippen LogP) is 4.87. The second kappa shape index (κ2) is 10.4. The predicted molar refractivity (Wildman–Crippen MR) is 144 cm³/mol. The average molecular weight is 513 g/mol. The van der Waals surface area contributed by atoms with E-state index in [1.807, 2.05) is 61.5 Å². The summed E-state index contributed by atoms with van der Waals surface area (Å²) in [5, 5.41) is 18.2. The quantitative estimate of drug-likeness (QED) is 0.487. The van der Waals surface area contributed by atoms with Gasteiger partial charge in [0.2, 0.25) is 5.91 Å². The molecule has 0 fully saturated rings. The van der Waals surface area contributed by atoms with Crippen molar-refractivity contribution in [3.8, 4) is 0 Å². The lowest BCUT2D eigenvalue weighted by molar-refractivity contribution is -0.121. The van der Waals surface area contributed by atoms with Crippen LogP contribution in [-0.4, -0.2) is 44.0 Å². The molecule has 186 valence electrons. The van der Waals surface area contributed by atoms with Crippen molar-refractivity contribution in [2.24, 2.45) is 10.1 Å². The Balaban J connectivity index is 1.31. The minimum Gasteiger partial charge on any atom is -0.478 e. The highest BCUT2D eigenvalue weighted by molar-refractivity contribution is 8.15. The van der Waals surface area contributed by atoms with E-state index in [1.165, 1.54) is 41.6 Å². The standard InChI is InChI=1S/C28H24N4O4S/c1-17-7-9-18(10-8-17)22-15-23(19-5-3-2-4-6-19)32(31-22)28-30-26(34)24(37-28)16-25(33)29-21-13-11-20(12-14-21)27(35)36/h2-14,23-24H,15-16H2,1H3,(H,29,33)(H,35,36)/t23-,24+/m1/s1. The smallest absolute Gasteiger partial charge is 0.335 e. The molecule has 2 aliphatic heterocycles. The normalized spacial score (nSPS) is 18.9. The summed E-state index contributed by atoms with van der Waals surface area (Å²) in [6, 6.07) is 23.9. The molecule has 2 aliphatic rings. The molecule has 0 spiro atoms. The van der Waals surface area contributed by atoms with E-state index in [-0.39, 0.29) is 29.8 Å². The van der Waals surface area contributed by atoms with Crippen LogP contribution in [0.3, 0.4) is 0 Å². The number of aryl methyl sites for hydroxylation is 1.